The van der Waals surface area contributed by atoms with Crippen LogP contribution in [-0.4, -0.2) is 50.7 Å². The van der Waals surface area contributed by atoms with Crippen LogP contribution in [0.15, 0.2) is 36.8 Å². The van der Waals surface area contributed by atoms with E-state index in [4.69, 9.17) is 4.74 Å². The standard InChI is InChI=1S/C16H17N5O2/c1-23-12-7-14(15-18-9-19-20-15)21(8-12)16(22)11-2-3-13-10(6-11)4-5-17-13/h2-6,9,12,14,17H,7-8H2,1H3,(H,18,19,20)/t12-,14+/m1/s1. The highest BCUT2D eigenvalue weighted by Gasteiger charge is 2.38. The Morgan fingerprint density at radius 1 is 1.39 bits per heavy atom. The van der Waals surface area contributed by atoms with Crippen LogP contribution in [0.4, 0.5) is 0 Å². The summed E-state index contributed by atoms with van der Waals surface area (Å²) in [5, 5.41) is 7.79. The van der Waals surface area contributed by atoms with Crippen LogP contribution in [0.3, 0.4) is 0 Å². The van der Waals surface area contributed by atoms with E-state index in [-0.39, 0.29) is 18.1 Å². The summed E-state index contributed by atoms with van der Waals surface area (Å²) in [7, 11) is 1.67. The van der Waals surface area contributed by atoms with Crippen LogP contribution >= 0.6 is 0 Å². The summed E-state index contributed by atoms with van der Waals surface area (Å²) in [4.78, 5) is 22.1. The molecule has 2 N–H and O–H groups in total. The van der Waals surface area contributed by atoms with Gasteiger partial charge in [0.15, 0.2) is 0 Å². The van der Waals surface area contributed by atoms with E-state index in [1.54, 1.807) is 7.11 Å². The third-order valence-electron chi connectivity index (χ3n) is 4.41. The first-order valence-corrected chi connectivity index (χ1v) is 7.52. The minimum atomic E-state index is -0.142. The Balaban J connectivity index is 1.67. The van der Waals surface area contributed by atoms with Gasteiger partial charge in [-0.25, -0.2) is 4.98 Å². The van der Waals surface area contributed by atoms with Gasteiger partial charge < -0.3 is 14.6 Å². The van der Waals surface area contributed by atoms with Gasteiger partial charge in [0.25, 0.3) is 5.91 Å². The average Bonchev–Trinajstić information content (AvgIpc) is 3.31. The summed E-state index contributed by atoms with van der Waals surface area (Å²) in [6.45, 7) is 0.547. The van der Waals surface area contributed by atoms with Crippen LogP contribution in [0, 0.1) is 0 Å². The highest BCUT2D eigenvalue weighted by molar-refractivity contribution is 5.98. The van der Waals surface area contributed by atoms with E-state index in [1.165, 1.54) is 6.33 Å². The number of likely N-dealkylation sites (tertiary alicyclic amines) is 1. The zero-order chi connectivity index (χ0) is 15.8. The number of aromatic amines is 2. The largest absolute Gasteiger partial charge is 0.380 e. The Hall–Kier alpha value is -2.67. The Bertz CT molecular complexity index is 826. The third-order valence-corrected chi connectivity index (χ3v) is 4.41. The summed E-state index contributed by atoms with van der Waals surface area (Å²) in [6.07, 6.45) is 4.05. The second kappa shape index (κ2) is 5.51. The quantitative estimate of drug-likeness (QED) is 0.773. The van der Waals surface area contributed by atoms with Crippen molar-refractivity contribution in [1.29, 1.82) is 0 Å². The number of hydrogen-bond donors (Lipinski definition) is 2. The lowest BCUT2D eigenvalue weighted by atomic mass is 10.1. The molecule has 1 amide bonds. The number of nitrogens with zero attached hydrogens (tertiary/aromatic N) is 3. The normalized spacial score (nSPS) is 21.2. The number of H-pyrrole nitrogens is 2. The maximum Gasteiger partial charge on any atom is 0.254 e. The van der Waals surface area contributed by atoms with E-state index < -0.39 is 0 Å². The maximum atomic E-state index is 13.0. The number of carbonyl (C=O) groups is 1. The van der Waals surface area contributed by atoms with Gasteiger partial charge in [-0.2, -0.15) is 5.10 Å². The molecule has 0 aliphatic carbocycles. The number of ether oxygens (including phenoxy) is 1. The van der Waals surface area contributed by atoms with Crippen molar-refractivity contribution in [2.45, 2.75) is 18.6 Å². The summed E-state index contributed by atoms with van der Waals surface area (Å²) >= 11 is 0. The zero-order valence-electron chi connectivity index (χ0n) is 12.7. The number of hydrogen-bond acceptors (Lipinski definition) is 4. The third kappa shape index (κ3) is 2.39. The van der Waals surface area contributed by atoms with Crippen molar-refractivity contribution in [3.63, 3.8) is 0 Å². The molecule has 2 aromatic heterocycles. The van der Waals surface area contributed by atoms with E-state index in [1.807, 2.05) is 35.4 Å². The van der Waals surface area contributed by atoms with Gasteiger partial charge in [-0.1, -0.05) is 0 Å². The number of carbonyl (C=O) groups excluding carboxylic acids is 1. The Labute approximate surface area is 132 Å². The van der Waals surface area contributed by atoms with Crippen molar-refractivity contribution in [3.8, 4) is 0 Å². The van der Waals surface area contributed by atoms with Gasteiger partial charge in [0, 0.05) is 42.7 Å². The fraction of sp³-hybridized carbons (Fsp3) is 0.312. The van der Waals surface area contributed by atoms with Crippen molar-refractivity contribution in [3.05, 3.63) is 48.2 Å². The lowest BCUT2D eigenvalue weighted by Gasteiger charge is -2.22. The van der Waals surface area contributed by atoms with Gasteiger partial charge in [-0.05, 0) is 24.3 Å². The number of nitrogens with one attached hydrogen (secondary N) is 2. The average molecular weight is 311 g/mol. The lowest BCUT2D eigenvalue weighted by molar-refractivity contribution is 0.0684. The number of aromatic nitrogens is 4. The molecule has 3 aromatic rings. The first-order valence-electron chi connectivity index (χ1n) is 7.52. The number of amides is 1. The second-order valence-corrected chi connectivity index (χ2v) is 5.72. The molecule has 0 spiro atoms. The number of benzene rings is 1. The fourth-order valence-electron chi connectivity index (χ4n) is 3.18. The molecule has 23 heavy (non-hydrogen) atoms. The van der Waals surface area contributed by atoms with Crippen LogP contribution in [0.5, 0.6) is 0 Å². The predicted molar refractivity (Wildman–Crippen MR) is 83.9 cm³/mol. The van der Waals surface area contributed by atoms with Gasteiger partial charge in [-0.15, -0.1) is 0 Å². The van der Waals surface area contributed by atoms with Crippen molar-refractivity contribution in [2.75, 3.05) is 13.7 Å². The van der Waals surface area contributed by atoms with Gasteiger partial charge >= 0.3 is 0 Å². The molecule has 0 unspecified atom stereocenters. The molecule has 1 aliphatic rings. The highest BCUT2D eigenvalue weighted by atomic mass is 16.5. The van der Waals surface area contributed by atoms with Crippen molar-refractivity contribution in [2.24, 2.45) is 0 Å². The van der Waals surface area contributed by atoms with Gasteiger partial charge in [0.1, 0.15) is 12.2 Å². The van der Waals surface area contributed by atoms with Crippen molar-refractivity contribution < 1.29 is 9.53 Å². The molecule has 4 rings (SSSR count). The molecule has 0 bridgehead atoms. The Morgan fingerprint density at radius 3 is 3.09 bits per heavy atom. The van der Waals surface area contributed by atoms with Crippen LogP contribution < -0.4 is 0 Å². The zero-order valence-corrected chi connectivity index (χ0v) is 12.7. The molecule has 1 fully saturated rings. The first kappa shape index (κ1) is 14.0. The SMILES string of the molecule is CO[C@@H]1C[C@@H](c2ncn[nH]2)N(C(=O)c2ccc3[nH]ccc3c2)C1. The van der Waals surface area contributed by atoms with E-state index >= 15 is 0 Å². The second-order valence-electron chi connectivity index (χ2n) is 5.72. The summed E-state index contributed by atoms with van der Waals surface area (Å²) in [6, 6.07) is 7.50. The van der Waals surface area contributed by atoms with E-state index in [2.05, 4.69) is 20.2 Å². The molecule has 3 heterocycles. The summed E-state index contributed by atoms with van der Waals surface area (Å²) < 4.78 is 5.45. The molecule has 1 aliphatic heterocycles. The molecule has 7 heteroatoms. The fourth-order valence-corrected chi connectivity index (χ4v) is 3.18. The molecule has 7 nitrogen and oxygen atoms in total. The molecule has 1 saturated heterocycles. The molecule has 118 valence electrons. The Morgan fingerprint density at radius 2 is 2.30 bits per heavy atom. The summed E-state index contributed by atoms with van der Waals surface area (Å²) in [5.74, 6) is 0.676. The smallest absolute Gasteiger partial charge is 0.254 e. The van der Waals surface area contributed by atoms with E-state index in [0.29, 0.717) is 24.4 Å². The molecule has 1 aromatic carbocycles. The lowest BCUT2D eigenvalue weighted by Crippen LogP contribution is -2.32. The molecule has 2 atom stereocenters. The molecular weight excluding hydrogens is 294 g/mol. The van der Waals surface area contributed by atoms with Crippen LogP contribution in [0.2, 0.25) is 0 Å². The van der Waals surface area contributed by atoms with Gasteiger partial charge in [0.05, 0.1) is 12.1 Å². The van der Waals surface area contributed by atoms with Crippen LogP contribution in [0.25, 0.3) is 10.9 Å². The monoisotopic (exact) mass is 311 g/mol. The molecule has 0 saturated carbocycles. The number of rotatable bonds is 3. The van der Waals surface area contributed by atoms with E-state index in [9.17, 15) is 4.79 Å². The topological polar surface area (TPSA) is 86.9 Å². The minimum Gasteiger partial charge on any atom is -0.380 e. The predicted octanol–water partition coefficient (Wildman–Crippen LogP) is 1.89. The molecule has 0 radical (unpaired) electrons. The van der Waals surface area contributed by atoms with Gasteiger partial charge in [0.2, 0.25) is 0 Å². The maximum absolute atomic E-state index is 13.0. The van der Waals surface area contributed by atoms with Crippen molar-refractivity contribution in [1.82, 2.24) is 25.1 Å². The minimum absolute atomic E-state index is 0.00467. The number of methoxy groups -OCH3 is 1. The first-order chi connectivity index (χ1) is 11.3. The highest BCUT2D eigenvalue weighted by Crippen LogP contribution is 2.32. The van der Waals surface area contributed by atoms with E-state index in [0.717, 1.165) is 10.9 Å². The van der Waals surface area contributed by atoms with Gasteiger partial charge in [-0.3, -0.25) is 9.89 Å². The van der Waals surface area contributed by atoms with Crippen LogP contribution in [0.1, 0.15) is 28.6 Å². The van der Waals surface area contributed by atoms with Crippen molar-refractivity contribution >= 4 is 16.8 Å². The Kier molecular flexibility index (Phi) is 3.34. The number of fused-ring (bicyclic) bond motifs is 1. The molecular formula is C16H17N5O2. The van der Waals surface area contributed by atoms with Crippen LogP contribution in [-0.2, 0) is 4.74 Å². The summed E-state index contributed by atoms with van der Waals surface area (Å²) in [5.41, 5.74) is 1.68.